The van der Waals surface area contributed by atoms with Crippen LogP contribution in [0.2, 0.25) is 0 Å². The van der Waals surface area contributed by atoms with Crippen molar-refractivity contribution in [2.75, 3.05) is 6.16 Å². The Hall–Kier alpha value is -0.440. The highest BCUT2D eigenvalue weighted by atomic mass is 31.2. The normalized spacial score (nSPS) is 10.9. The summed E-state index contributed by atoms with van der Waals surface area (Å²) in [7, 11) is -3.44. The maximum Gasteiger partial charge on any atom is 0.457 e. The Bertz CT molecular complexity index is 175. The summed E-state index contributed by atoms with van der Waals surface area (Å²) in [4.78, 5) is 28.6. The maximum atomic E-state index is 10.7. The van der Waals surface area contributed by atoms with Gasteiger partial charge in [-0.25, -0.2) is 9.32 Å². The van der Waals surface area contributed by atoms with E-state index in [9.17, 15) is 4.79 Å². The van der Waals surface area contributed by atoms with Gasteiger partial charge in [0.25, 0.3) is 0 Å². The van der Waals surface area contributed by atoms with E-state index >= 15 is 0 Å². The lowest BCUT2D eigenvalue weighted by Gasteiger charge is -2.07. The third kappa shape index (κ3) is 4.09. The number of rotatable bonds is 3. The van der Waals surface area contributed by atoms with Crippen LogP contribution in [0.3, 0.4) is 0 Å². The van der Waals surface area contributed by atoms with Gasteiger partial charge in [-0.15, -0.1) is 0 Å². The standard InChI is InChI=1S/C6H12O4P/c1-4-11(8,9)10-6(7)5(2)3/h8-9H,2,4H2,1,3H3/q+1. The molecule has 11 heavy (non-hydrogen) atoms. The Morgan fingerprint density at radius 2 is 2.09 bits per heavy atom. The lowest BCUT2D eigenvalue weighted by Crippen LogP contribution is -2.08. The average Bonchev–Trinajstić information content (AvgIpc) is 1.87. The van der Waals surface area contributed by atoms with Crippen LogP contribution < -0.4 is 0 Å². The van der Waals surface area contributed by atoms with E-state index in [0.717, 1.165) is 0 Å². The molecule has 2 N–H and O–H groups in total. The Labute approximate surface area is 66.1 Å². The van der Waals surface area contributed by atoms with Gasteiger partial charge in [0, 0.05) is 5.57 Å². The van der Waals surface area contributed by atoms with E-state index in [4.69, 9.17) is 9.79 Å². The minimum atomic E-state index is -3.44. The second-order valence-corrected chi connectivity index (χ2v) is 4.28. The van der Waals surface area contributed by atoms with Gasteiger partial charge in [0.2, 0.25) is 0 Å². The summed E-state index contributed by atoms with van der Waals surface area (Å²) in [5.74, 6) is -0.759. The molecule has 0 atom stereocenters. The van der Waals surface area contributed by atoms with Crippen molar-refractivity contribution in [2.45, 2.75) is 13.8 Å². The molecule has 5 heteroatoms. The van der Waals surface area contributed by atoms with Crippen molar-refractivity contribution in [3.63, 3.8) is 0 Å². The van der Waals surface area contributed by atoms with Crippen LogP contribution in [-0.4, -0.2) is 21.9 Å². The first-order valence-electron chi connectivity index (χ1n) is 3.12. The minimum absolute atomic E-state index is 0.0337. The van der Waals surface area contributed by atoms with Crippen LogP contribution in [0.1, 0.15) is 13.8 Å². The fraction of sp³-hybridized carbons (Fsp3) is 0.500. The quantitative estimate of drug-likeness (QED) is 0.498. The summed E-state index contributed by atoms with van der Waals surface area (Å²) in [5.41, 5.74) is 0.158. The molecule has 0 radical (unpaired) electrons. The topological polar surface area (TPSA) is 66.8 Å². The highest BCUT2D eigenvalue weighted by Crippen LogP contribution is 2.50. The number of carbonyl (C=O) groups excluding carboxylic acids is 1. The predicted octanol–water partition coefficient (Wildman–Crippen LogP) is 0.873. The monoisotopic (exact) mass is 179 g/mol. The number of carbonyl (C=O) groups is 1. The van der Waals surface area contributed by atoms with Crippen molar-refractivity contribution in [1.29, 1.82) is 0 Å². The van der Waals surface area contributed by atoms with Gasteiger partial charge in [-0.2, -0.15) is 9.79 Å². The van der Waals surface area contributed by atoms with Gasteiger partial charge in [0.05, 0.1) is 0 Å². The lowest BCUT2D eigenvalue weighted by molar-refractivity contribution is -0.131. The number of hydrogen-bond acceptors (Lipinski definition) is 4. The van der Waals surface area contributed by atoms with Crippen LogP contribution in [0.15, 0.2) is 12.2 Å². The molecule has 0 aromatic heterocycles. The molecule has 0 fully saturated rings. The van der Waals surface area contributed by atoms with Crippen LogP contribution in [0.25, 0.3) is 0 Å². The Balaban J connectivity index is 4.04. The number of hydrogen-bond donors (Lipinski definition) is 2. The third-order valence-corrected chi connectivity index (χ3v) is 2.27. The molecule has 0 heterocycles. The summed E-state index contributed by atoms with van der Waals surface area (Å²) < 4.78 is 4.33. The summed E-state index contributed by atoms with van der Waals surface area (Å²) in [6.45, 7) is 6.26. The van der Waals surface area contributed by atoms with Crippen molar-refractivity contribution in [1.82, 2.24) is 0 Å². The van der Waals surface area contributed by atoms with E-state index in [1.54, 1.807) is 0 Å². The minimum Gasteiger partial charge on any atom is -0.245 e. The first-order valence-corrected chi connectivity index (χ1v) is 4.92. The van der Waals surface area contributed by atoms with E-state index < -0.39 is 13.9 Å². The van der Waals surface area contributed by atoms with Crippen molar-refractivity contribution in [3.8, 4) is 0 Å². The Morgan fingerprint density at radius 3 is 2.36 bits per heavy atom. The van der Waals surface area contributed by atoms with Gasteiger partial charge < -0.3 is 0 Å². The zero-order valence-electron chi connectivity index (χ0n) is 6.57. The smallest absolute Gasteiger partial charge is 0.245 e. The molecule has 0 bridgehead atoms. The van der Waals surface area contributed by atoms with Gasteiger partial charge in [-0.3, -0.25) is 0 Å². The molecular formula is C6H12O4P+. The van der Waals surface area contributed by atoms with E-state index in [2.05, 4.69) is 11.1 Å². The molecule has 64 valence electrons. The fourth-order valence-electron chi connectivity index (χ4n) is 0.275. The molecule has 0 unspecified atom stereocenters. The van der Waals surface area contributed by atoms with Crippen molar-refractivity contribution >= 4 is 13.9 Å². The highest BCUT2D eigenvalue weighted by molar-refractivity contribution is 7.60. The molecule has 0 amide bonds. The largest absolute Gasteiger partial charge is 0.457 e. The predicted molar refractivity (Wildman–Crippen MR) is 42.8 cm³/mol. The summed E-state index contributed by atoms with van der Waals surface area (Å²) in [6, 6.07) is 0. The van der Waals surface area contributed by atoms with Crippen LogP contribution in [0.5, 0.6) is 0 Å². The van der Waals surface area contributed by atoms with E-state index in [1.807, 2.05) is 0 Å². The second-order valence-electron chi connectivity index (χ2n) is 2.14. The molecule has 4 nitrogen and oxygen atoms in total. The molecule has 0 aliphatic carbocycles. The lowest BCUT2D eigenvalue weighted by atomic mass is 10.4. The Kier molecular flexibility index (Phi) is 3.66. The van der Waals surface area contributed by atoms with Crippen molar-refractivity contribution < 1.29 is 19.1 Å². The zero-order chi connectivity index (χ0) is 9.07. The second kappa shape index (κ2) is 3.81. The molecule has 0 aliphatic rings. The van der Waals surface area contributed by atoms with E-state index in [0.29, 0.717) is 0 Å². The van der Waals surface area contributed by atoms with Gasteiger partial charge in [-0.1, -0.05) is 6.58 Å². The van der Waals surface area contributed by atoms with Crippen LogP contribution in [0.4, 0.5) is 0 Å². The molecular weight excluding hydrogens is 167 g/mol. The molecule has 0 spiro atoms. The van der Waals surface area contributed by atoms with Gasteiger partial charge in [-0.05, 0) is 13.8 Å². The molecule has 0 saturated heterocycles. The van der Waals surface area contributed by atoms with Crippen molar-refractivity contribution in [3.05, 3.63) is 12.2 Å². The van der Waals surface area contributed by atoms with Crippen LogP contribution in [-0.2, 0) is 9.32 Å². The molecule has 0 aromatic carbocycles. The SMILES string of the molecule is C=C(C)C(=O)O[P+](O)(O)CC. The van der Waals surface area contributed by atoms with Gasteiger partial charge in [0.1, 0.15) is 6.16 Å². The van der Waals surface area contributed by atoms with Gasteiger partial charge >= 0.3 is 13.9 Å². The molecule has 0 saturated carbocycles. The van der Waals surface area contributed by atoms with E-state index in [1.165, 1.54) is 13.8 Å². The van der Waals surface area contributed by atoms with Crippen LogP contribution in [0, 0.1) is 0 Å². The van der Waals surface area contributed by atoms with Gasteiger partial charge in [0.15, 0.2) is 0 Å². The van der Waals surface area contributed by atoms with E-state index in [-0.39, 0.29) is 11.7 Å². The Morgan fingerprint density at radius 1 is 1.64 bits per heavy atom. The highest BCUT2D eigenvalue weighted by Gasteiger charge is 2.37. The average molecular weight is 179 g/mol. The summed E-state index contributed by atoms with van der Waals surface area (Å²) in [5, 5.41) is 0. The fourth-order valence-corrected chi connectivity index (χ4v) is 0.826. The van der Waals surface area contributed by atoms with Crippen molar-refractivity contribution in [2.24, 2.45) is 0 Å². The third-order valence-electron chi connectivity index (χ3n) is 0.990. The van der Waals surface area contributed by atoms with Crippen LogP contribution >= 0.6 is 7.94 Å². The maximum absolute atomic E-state index is 10.7. The first-order chi connectivity index (χ1) is 4.89. The zero-order valence-corrected chi connectivity index (χ0v) is 7.47. The molecule has 0 aromatic rings. The molecule has 0 rings (SSSR count). The summed E-state index contributed by atoms with van der Waals surface area (Å²) >= 11 is 0. The summed E-state index contributed by atoms with van der Waals surface area (Å²) in [6.07, 6.45) is 0.0337. The first kappa shape index (κ1) is 10.6. The molecule has 0 aliphatic heterocycles.